The number of benzene rings is 2. The van der Waals surface area contributed by atoms with Crippen LogP contribution in [-0.4, -0.2) is 10.8 Å². The molecule has 3 aromatic rings. The molecule has 3 nitrogen and oxygen atoms in total. The number of halogens is 1. The summed E-state index contributed by atoms with van der Waals surface area (Å²) in [7, 11) is 0. The van der Waals surface area contributed by atoms with Crippen LogP contribution in [0, 0.1) is 0 Å². The van der Waals surface area contributed by atoms with Gasteiger partial charge in [-0.05, 0) is 35.9 Å². The van der Waals surface area contributed by atoms with Gasteiger partial charge in [-0.3, -0.25) is 9.78 Å². The summed E-state index contributed by atoms with van der Waals surface area (Å²) in [5, 5.41) is 1.00. The molecular weight excluding hydrogens is 328 g/mol. The molecule has 0 atom stereocenters. The monoisotopic (exact) mass is 340 g/mol. The number of hydrogen-bond donors (Lipinski definition) is 1. The summed E-state index contributed by atoms with van der Waals surface area (Å²) < 4.78 is 0.847. The smallest absolute Gasteiger partial charge is 0.169 e. The lowest BCUT2D eigenvalue weighted by molar-refractivity contribution is 0.0994. The largest absolute Gasteiger partial charge is 0.398 e. The van der Waals surface area contributed by atoms with E-state index >= 15 is 0 Å². The van der Waals surface area contributed by atoms with Crippen molar-refractivity contribution < 1.29 is 4.79 Å². The third-order valence-electron chi connectivity index (χ3n) is 3.41. The van der Waals surface area contributed by atoms with Crippen LogP contribution in [-0.2, 0) is 6.42 Å². The predicted molar refractivity (Wildman–Crippen MR) is 88.3 cm³/mol. The Labute approximate surface area is 130 Å². The lowest BCUT2D eigenvalue weighted by atomic mass is 9.99. The van der Waals surface area contributed by atoms with Gasteiger partial charge in [-0.1, -0.05) is 34.1 Å². The summed E-state index contributed by atoms with van der Waals surface area (Å²) in [6.45, 7) is 0. The highest BCUT2D eigenvalue weighted by atomic mass is 79.9. The highest BCUT2D eigenvalue weighted by molar-refractivity contribution is 9.10. The average Bonchev–Trinajstić information content (AvgIpc) is 2.50. The highest BCUT2D eigenvalue weighted by Gasteiger charge is 2.13. The first-order chi connectivity index (χ1) is 10.1. The topological polar surface area (TPSA) is 56.0 Å². The lowest BCUT2D eigenvalue weighted by Crippen LogP contribution is -2.07. The molecule has 0 saturated heterocycles. The van der Waals surface area contributed by atoms with E-state index in [4.69, 9.17) is 5.73 Å². The van der Waals surface area contributed by atoms with E-state index in [9.17, 15) is 4.79 Å². The minimum atomic E-state index is 0.00477. The minimum Gasteiger partial charge on any atom is -0.398 e. The van der Waals surface area contributed by atoms with E-state index in [-0.39, 0.29) is 5.78 Å². The number of nitrogen functional groups attached to an aromatic ring is 1. The third kappa shape index (κ3) is 2.81. The molecule has 0 saturated carbocycles. The quantitative estimate of drug-likeness (QED) is 0.579. The fourth-order valence-electron chi connectivity index (χ4n) is 2.35. The molecule has 2 aromatic carbocycles. The molecule has 0 aliphatic heterocycles. The van der Waals surface area contributed by atoms with E-state index in [1.807, 2.05) is 36.4 Å². The van der Waals surface area contributed by atoms with Crippen LogP contribution in [0.3, 0.4) is 0 Å². The van der Waals surface area contributed by atoms with Crippen LogP contribution >= 0.6 is 15.9 Å². The van der Waals surface area contributed by atoms with Crippen LogP contribution in [0.15, 0.2) is 59.2 Å². The van der Waals surface area contributed by atoms with Gasteiger partial charge in [-0.2, -0.15) is 0 Å². The first-order valence-electron chi connectivity index (χ1n) is 6.56. The standard InChI is InChI=1S/C17H13BrN2O/c18-12-5-6-15(19)14(10-12)17(21)9-11-7-8-20-16-4-2-1-3-13(11)16/h1-8,10H,9,19H2. The van der Waals surface area contributed by atoms with Crippen molar-refractivity contribution >= 4 is 38.3 Å². The number of carbonyl (C=O) groups excluding carboxylic acids is 1. The van der Waals surface area contributed by atoms with Crippen LogP contribution < -0.4 is 5.73 Å². The Morgan fingerprint density at radius 3 is 2.81 bits per heavy atom. The number of nitrogens with zero attached hydrogens (tertiary/aromatic N) is 1. The maximum absolute atomic E-state index is 12.5. The average molecular weight is 341 g/mol. The van der Waals surface area contributed by atoms with Gasteiger partial charge >= 0.3 is 0 Å². The Hall–Kier alpha value is -2.20. The number of aromatic nitrogens is 1. The Bertz CT molecular complexity index is 825. The molecule has 2 N–H and O–H groups in total. The van der Waals surface area contributed by atoms with E-state index in [0.29, 0.717) is 17.7 Å². The van der Waals surface area contributed by atoms with Crippen molar-refractivity contribution in [2.75, 3.05) is 5.73 Å². The maximum Gasteiger partial charge on any atom is 0.169 e. The molecule has 0 bridgehead atoms. The van der Waals surface area contributed by atoms with E-state index in [2.05, 4.69) is 20.9 Å². The van der Waals surface area contributed by atoms with Crippen molar-refractivity contribution in [2.45, 2.75) is 6.42 Å². The van der Waals surface area contributed by atoms with Crippen molar-refractivity contribution in [3.05, 3.63) is 70.3 Å². The first-order valence-corrected chi connectivity index (χ1v) is 7.35. The molecule has 0 radical (unpaired) electrons. The van der Waals surface area contributed by atoms with Gasteiger partial charge < -0.3 is 5.73 Å². The number of fused-ring (bicyclic) bond motifs is 1. The van der Waals surface area contributed by atoms with E-state index < -0.39 is 0 Å². The second kappa shape index (κ2) is 5.66. The Morgan fingerprint density at radius 1 is 1.14 bits per heavy atom. The number of hydrogen-bond acceptors (Lipinski definition) is 3. The molecule has 3 rings (SSSR count). The Kier molecular flexibility index (Phi) is 3.71. The third-order valence-corrected chi connectivity index (χ3v) is 3.90. The SMILES string of the molecule is Nc1ccc(Br)cc1C(=O)Cc1ccnc2ccccc12. The van der Waals surface area contributed by atoms with Crippen molar-refractivity contribution in [1.82, 2.24) is 4.98 Å². The van der Waals surface area contributed by atoms with Gasteiger partial charge in [-0.25, -0.2) is 0 Å². The molecule has 0 amide bonds. The first kappa shape index (κ1) is 13.8. The van der Waals surface area contributed by atoms with Crippen LogP contribution in [0.2, 0.25) is 0 Å². The number of ketones is 1. The number of anilines is 1. The van der Waals surface area contributed by atoms with Crippen LogP contribution in [0.25, 0.3) is 10.9 Å². The Balaban J connectivity index is 1.99. The fraction of sp³-hybridized carbons (Fsp3) is 0.0588. The number of nitrogens with two attached hydrogens (primary N) is 1. The van der Waals surface area contributed by atoms with Gasteiger partial charge in [0.1, 0.15) is 0 Å². The number of pyridine rings is 1. The molecule has 1 aromatic heterocycles. The normalized spacial score (nSPS) is 10.7. The zero-order chi connectivity index (χ0) is 14.8. The van der Waals surface area contributed by atoms with Crippen molar-refractivity contribution in [3.63, 3.8) is 0 Å². The summed E-state index contributed by atoms with van der Waals surface area (Å²) in [6.07, 6.45) is 2.04. The van der Waals surface area contributed by atoms with Gasteiger partial charge in [0.25, 0.3) is 0 Å². The molecular formula is C17H13BrN2O. The molecule has 21 heavy (non-hydrogen) atoms. The van der Waals surface area contributed by atoms with Crippen LogP contribution in [0.1, 0.15) is 15.9 Å². The van der Waals surface area contributed by atoms with Gasteiger partial charge in [0, 0.05) is 33.7 Å². The second-order valence-electron chi connectivity index (χ2n) is 4.82. The molecule has 1 heterocycles. The highest BCUT2D eigenvalue weighted by Crippen LogP contribution is 2.22. The van der Waals surface area contributed by atoms with E-state index in [1.54, 1.807) is 18.3 Å². The molecule has 0 unspecified atom stereocenters. The summed E-state index contributed by atoms with van der Waals surface area (Å²) in [5.74, 6) is 0.00477. The van der Waals surface area contributed by atoms with Gasteiger partial charge in [0.2, 0.25) is 0 Å². The molecule has 0 spiro atoms. The summed E-state index contributed by atoms with van der Waals surface area (Å²) in [5.41, 5.74) is 8.81. The predicted octanol–water partition coefficient (Wildman–Crippen LogP) is 4.00. The van der Waals surface area contributed by atoms with Gasteiger partial charge in [0.05, 0.1) is 5.52 Å². The van der Waals surface area contributed by atoms with Crippen LogP contribution in [0.5, 0.6) is 0 Å². The molecule has 0 aliphatic carbocycles. The van der Waals surface area contributed by atoms with E-state index in [1.165, 1.54) is 0 Å². The minimum absolute atomic E-state index is 0.00477. The van der Waals surface area contributed by atoms with Crippen molar-refractivity contribution in [2.24, 2.45) is 0 Å². The number of Topliss-reactive ketones (excluding diaryl/α,β-unsaturated/α-hetero) is 1. The van der Waals surface area contributed by atoms with Crippen molar-refractivity contribution in [3.8, 4) is 0 Å². The van der Waals surface area contributed by atoms with Crippen LogP contribution in [0.4, 0.5) is 5.69 Å². The molecule has 0 aliphatic rings. The summed E-state index contributed by atoms with van der Waals surface area (Å²) >= 11 is 3.37. The zero-order valence-electron chi connectivity index (χ0n) is 11.2. The maximum atomic E-state index is 12.5. The number of carbonyl (C=O) groups is 1. The summed E-state index contributed by atoms with van der Waals surface area (Å²) in [6, 6.07) is 15.0. The van der Waals surface area contributed by atoms with E-state index in [0.717, 1.165) is 20.9 Å². The van der Waals surface area contributed by atoms with Gasteiger partial charge in [0.15, 0.2) is 5.78 Å². The molecule has 104 valence electrons. The number of para-hydroxylation sites is 1. The Morgan fingerprint density at radius 2 is 1.95 bits per heavy atom. The second-order valence-corrected chi connectivity index (χ2v) is 5.73. The lowest BCUT2D eigenvalue weighted by Gasteiger charge is -2.08. The van der Waals surface area contributed by atoms with Gasteiger partial charge in [-0.15, -0.1) is 0 Å². The zero-order valence-corrected chi connectivity index (χ0v) is 12.8. The van der Waals surface area contributed by atoms with Crippen molar-refractivity contribution in [1.29, 1.82) is 0 Å². The fourth-order valence-corrected chi connectivity index (χ4v) is 2.71. The molecule has 0 fully saturated rings. The number of rotatable bonds is 3. The molecule has 4 heteroatoms. The summed E-state index contributed by atoms with van der Waals surface area (Å²) in [4.78, 5) is 16.8.